The maximum atomic E-state index is 13.6. The lowest BCUT2D eigenvalue weighted by Gasteiger charge is -2.28. The van der Waals surface area contributed by atoms with E-state index in [0.29, 0.717) is 23.7 Å². The van der Waals surface area contributed by atoms with Crippen LogP contribution in [-0.2, 0) is 6.54 Å². The van der Waals surface area contributed by atoms with Crippen molar-refractivity contribution in [3.8, 4) is 0 Å². The van der Waals surface area contributed by atoms with Gasteiger partial charge >= 0.3 is 0 Å². The van der Waals surface area contributed by atoms with Gasteiger partial charge in [0.25, 0.3) is 0 Å². The normalized spacial score (nSPS) is 18.5. The highest BCUT2D eigenvalue weighted by Gasteiger charge is 2.32. The number of aliphatic hydroxyl groups is 1. The van der Waals surface area contributed by atoms with Gasteiger partial charge in [0.05, 0.1) is 5.60 Å². The van der Waals surface area contributed by atoms with Gasteiger partial charge in [-0.05, 0) is 38.1 Å². The van der Waals surface area contributed by atoms with Gasteiger partial charge in [0.2, 0.25) is 0 Å². The van der Waals surface area contributed by atoms with Crippen LogP contribution in [0.3, 0.4) is 0 Å². The number of likely N-dealkylation sites (N-methyl/N-ethyl adjacent to an activating group) is 1. The quantitative estimate of drug-likeness (QED) is 0.909. The Balaban J connectivity index is 1.98. The lowest BCUT2D eigenvalue weighted by Crippen LogP contribution is -2.38. The zero-order valence-corrected chi connectivity index (χ0v) is 11.4. The average molecular weight is 272 g/mol. The summed E-state index contributed by atoms with van der Waals surface area (Å²) >= 11 is 5.86. The lowest BCUT2D eigenvalue weighted by atomic mass is 10.0. The molecule has 1 aromatic carbocycles. The summed E-state index contributed by atoms with van der Waals surface area (Å²) in [4.78, 5) is 1.96. The second-order valence-electron chi connectivity index (χ2n) is 5.34. The third-order valence-corrected chi connectivity index (χ3v) is 3.78. The van der Waals surface area contributed by atoms with Gasteiger partial charge in [0.1, 0.15) is 5.82 Å². The van der Waals surface area contributed by atoms with Gasteiger partial charge in [-0.1, -0.05) is 24.4 Å². The number of benzene rings is 1. The lowest BCUT2D eigenvalue weighted by molar-refractivity contribution is 0.0143. The second kappa shape index (κ2) is 5.55. The van der Waals surface area contributed by atoms with Crippen molar-refractivity contribution in [3.63, 3.8) is 0 Å². The molecule has 2 rings (SSSR count). The van der Waals surface area contributed by atoms with Crippen molar-refractivity contribution in [2.75, 3.05) is 13.6 Å². The van der Waals surface area contributed by atoms with Gasteiger partial charge in [-0.3, -0.25) is 4.90 Å². The first-order chi connectivity index (χ1) is 8.48. The van der Waals surface area contributed by atoms with Gasteiger partial charge in [-0.2, -0.15) is 0 Å². The summed E-state index contributed by atoms with van der Waals surface area (Å²) in [6.45, 7) is 1.05. The van der Waals surface area contributed by atoms with Gasteiger partial charge in [0.15, 0.2) is 0 Å². The molecule has 0 aliphatic heterocycles. The number of rotatable bonds is 4. The molecule has 0 heterocycles. The monoisotopic (exact) mass is 271 g/mol. The maximum absolute atomic E-state index is 13.6. The van der Waals surface area contributed by atoms with Crippen molar-refractivity contribution < 1.29 is 9.50 Å². The van der Waals surface area contributed by atoms with Crippen molar-refractivity contribution >= 4 is 11.6 Å². The van der Waals surface area contributed by atoms with Crippen LogP contribution in [0.15, 0.2) is 18.2 Å². The largest absolute Gasteiger partial charge is 0.389 e. The molecule has 4 heteroatoms. The predicted octanol–water partition coefficient (Wildman–Crippen LogP) is 3.22. The molecule has 0 spiro atoms. The molecule has 1 N–H and O–H groups in total. The average Bonchev–Trinajstić information content (AvgIpc) is 2.70. The molecule has 0 unspecified atom stereocenters. The molecule has 2 nitrogen and oxygen atoms in total. The van der Waals surface area contributed by atoms with E-state index < -0.39 is 5.60 Å². The van der Waals surface area contributed by atoms with Crippen LogP contribution in [0.4, 0.5) is 4.39 Å². The van der Waals surface area contributed by atoms with Crippen molar-refractivity contribution in [1.82, 2.24) is 4.90 Å². The van der Waals surface area contributed by atoms with E-state index in [-0.39, 0.29) is 5.82 Å². The zero-order chi connectivity index (χ0) is 13.2. The van der Waals surface area contributed by atoms with Crippen LogP contribution in [0.1, 0.15) is 31.2 Å². The van der Waals surface area contributed by atoms with E-state index in [1.54, 1.807) is 12.1 Å². The Bertz CT molecular complexity index is 418. The first-order valence-electron chi connectivity index (χ1n) is 6.33. The number of nitrogens with zero attached hydrogens (tertiary/aromatic N) is 1. The second-order valence-corrected chi connectivity index (χ2v) is 5.78. The summed E-state index contributed by atoms with van der Waals surface area (Å²) in [5, 5.41) is 10.8. The number of hydrogen-bond donors (Lipinski definition) is 1. The Morgan fingerprint density at radius 3 is 2.72 bits per heavy atom. The molecule has 0 saturated heterocycles. The Hall–Kier alpha value is -0.640. The van der Waals surface area contributed by atoms with Crippen LogP contribution >= 0.6 is 11.6 Å². The summed E-state index contributed by atoms with van der Waals surface area (Å²) < 4.78 is 13.6. The summed E-state index contributed by atoms with van der Waals surface area (Å²) in [6, 6.07) is 4.58. The number of halogens is 2. The molecule has 0 bridgehead atoms. The topological polar surface area (TPSA) is 23.5 Å². The van der Waals surface area contributed by atoms with Gasteiger partial charge in [-0.15, -0.1) is 0 Å². The van der Waals surface area contributed by atoms with Crippen molar-refractivity contribution in [3.05, 3.63) is 34.6 Å². The Kier molecular flexibility index (Phi) is 4.25. The van der Waals surface area contributed by atoms with Crippen LogP contribution in [0.2, 0.25) is 5.02 Å². The fraction of sp³-hybridized carbons (Fsp3) is 0.571. The molecule has 100 valence electrons. The molecule has 1 saturated carbocycles. The molecule has 1 fully saturated rings. The van der Waals surface area contributed by atoms with Crippen LogP contribution in [0, 0.1) is 5.82 Å². The molecule has 18 heavy (non-hydrogen) atoms. The molecule has 1 aromatic rings. The molecule has 0 amide bonds. The fourth-order valence-electron chi connectivity index (χ4n) is 2.70. The minimum absolute atomic E-state index is 0.246. The number of hydrogen-bond acceptors (Lipinski definition) is 2. The minimum Gasteiger partial charge on any atom is -0.389 e. The predicted molar refractivity (Wildman–Crippen MR) is 71.2 cm³/mol. The molecular weight excluding hydrogens is 253 g/mol. The van der Waals surface area contributed by atoms with Crippen molar-refractivity contribution in [1.29, 1.82) is 0 Å². The molecule has 0 atom stereocenters. The maximum Gasteiger partial charge on any atom is 0.127 e. The van der Waals surface area contributed by atoms with E-state index in [9.17, 15) is 9.50 Å². The zero-order valence-electron chi connectivity index (χ0n) is 10.6. The van der Waals surface area contributed by atoms with Crippen molar-refractivity contribution in [2.24, 2.45) is 0 Å². The first-order valence-corrected chi connectivity index (χ1v) is 6.71. The van der Waals surface area contributed by atoms with E-state index in [1.165, 1.54) is 6.07 Å². The van der Waals surface area contributed by atoms with E-state index in [4.69, 9.17) is 11.6 Å². The molecule has 1 aliphatic carbocycles. The molecular formula is C14H19ClFNO. The summed E-state index contributed by atoms with van der Waals surface area (Å²) in [5.74, 6) is -0.246. The van der Waals surface area contributed by atoms with E-state index >= 15 is 0 Å². The highest BCUT2D eigenvalue weighted by Crippen LogP contribution is 2.30. The fourth-order valence-corrected chi connectivity index (χ4v) is 2.90. The van der Waals surface area contributed by atoms with E-state index in [2.05, 4.69) is 0 Å². The van der Waals surface area contributed by atoms with Gasteiger partial charge in [-0.25, -0.2) is 4.39 Å². The minimum atomic E-state index is -0.593. The Labute approximate surface area is 112 Å². The smallest absolute Gasteiger partial charge is 0.127 e. The highest BCUT2D eigenvalue weighted by molar-refractivity contribution is 6.30. The van der Waals surface area contributed by atoms with E-state index in [1.807, 2.05) is 11.9 Å². The molecule has 1 aliphatic rings. The molecule has 0 aromatic heterocycles. The van der Waals surface area contributed by atoms with E-state index in [0.717, 1.165) is 25.7 Å². The summed E-state index contributed by atoms with van der Waals surface area (Å²) in [5.41, 5.74) is -0.0179. The Morgan fingerprint density at radius 1 is 1.39 bits per heavy atom. The van der Waals surface area contributed by atoms with Crippen LogP contribution in [0.5, 0.6) is 0 Å². The SMILES string of the molecule is CN(Cc1cc(Cl)ccc1F)CC1(O)CCCC1. The highest BCUT2D eigenvalue weighted by atomic mass is 35.5. The molecule has 0 radical (unpaired) electrons. The van der Waals surface area contributed by atoms with Crippen LogP contribution in [-0.4, -0.2) is 29.2 Å². The van der Waals surface area contributed by atoms with Crippen LogP contribution in [0.25, 0.3) is 0 Å². The summed E-state index contributed by atoms with van der Waals surface area (Å²) in [7, 11) is 1.90. The van der Waals surface area contributed by atoms with Gasteiger partial charge < -0.3 is 5.11 Å². The third-order valence-electron chi connectivity index (χ3n) is 3.55. The Morgan fingerprint density at radius 2 is 2.06 bits per heavy atom. The van der Waals surface area contributed by atoms with Crippen LogP contribution < -0.4 is 0 Å². The first kappa shape index (κ1) is 13.8. The third kappa shape index (κ3) is 3.44. The van der Waals surface area contributed by atoms with Crippen molar-refractivity contribution in [2.45, 2.75) is 37.8 Å². The standard InChI is InChI=1S/C14H19ClFNO/c1-17(10-14(18)6-2-3-7-14)9-11-8-12(15)4-5-13(11)16/h4-5,8,18H,2-3,6-7,9-10H2,1H3. The summed E-state index contributed by atoms with van der Waals surface area (Å²) in [6.07, 6.45) is 3.84. The van der Waals surface area contributed by atoms with Gasteiger partial charge in [0, 0.05) is 23.7 Å².